The van der Waals surface area contributed by atoms with Crippen molar-refractivity contribution in [3.8, 4) is 0 Å². The molecule has 0 saturated carbocycles. The molecule has 0 radical (unpaired) electrons. The minimum Gasteiger partial charge on any atom is -0.445 e. The first-order valence-corrected chi connectivity index (χ1v) is 14.8. The number of nitrogens with zero attached hydrogens (tertiary/aromatic N) is 5. The van der Waals surface area contributed by atoms with Crippen LogP contribution in [0, 0.1) is 13.8 Å². The minimum atomic E-state index is -0.648. The second-order valence-electron chi connectivity index (χ2n) is 8.97. The minimum absolute atomic E-state index is 0.102. The van der Waals surface area contributed by atoms with Crippen molar-refractivity contribution in [2.24, 2.45) is 7.05 Å². The lowest BCUT2D eigenvalue weighted by Gasteiger charge is -2.28. The number of thiazole rings is 1. The Kier molecular flexibility index (Phi) is 7.82. The van der Waals surface area contributed by atoms with Gasteiger partial charge in [-0.25, -0.2) is 14.8 Å². The van der Waals surface area contributed by atoms with Crippen molar-refractivity contribution in [1.82, 2.24) is 19.4 Å². The van der Waals surface area contributed by atoms with Gasteiger partial charge in [-0.15, -0.1) is 22.7 Å². The first kappa shape index (κ1) is 26.4. The van der Waals surface area contributed by atoms with Crippen molar-refractivity contribution < 1.29 is 14.3 Å². The summed E-state index contributed by atoms with van der Waals surface area (Å²) in [7, 11) is 1.69. The van der Waals surface area contributed by atoms with Crippen LogP contribution in [0.4, 0.5) is 9.93 Å². The van der Waals surface area contributed by atoms with Gasteiger partial charge in [0.25, 0.3) is 11.5 Å². The topological polar surface area (TPSA) is 97.6 Å². The van der Waals surface area contributed by atoms with Crippen LogP contribution in [0.5, 0.6) is 0 Å². The summed E-state index contributed by atoms with van der Waals surface area (Å²) in [5, 5.41) is 3.49. The lowest BCUT2D eigenvalue weighted by Crippen LogP contribution is -2.48. The van der Waals surface area contributed by atoms with Gasteiger partial charge in [0.15, 0.2) is 10.3 Å². The Bertz CT molecular complexity index is 1520. The molecule has 1 unspecified atom stereocenters. The summed E-state index contributed by atoms with van der Waals surface area (Å²) in [5.41, 5.74) is 1.74. The quantitative estimate of drug-likeness (QED) is 0.176. The molecular weight excluding hydrogens is 543 g/mol. The van der Waals surface area contributed by atoms with Crippen molar-refractivity contribution in [3.63, 3.8) is 0 Å². The van der Waals surface area contributed by atoms with Crippen LogP contribution in [-0.4, -0.2) is 49.9 Å². The second kappa shape index (κ2) is 11.3. The zero-order valence-corrected chi connectivity index (χ0v) is 23.7. The average Bonchev–Trinajstić information content (AvgIpc) is 3.68. The number of rotatable bonds is 7. The molecule has 2 amide bonds. The molecule has 0 aliphatic carbocycles. The number of thiophene rings is 1. The van der Waals surface area contributed by atoms with Crippen molar-refractivity contribution >= 4 is 61.8 Å². The van der Waals surface area contributed by atoms with Crippen molar-refractivity contribution in [2.45, 2.75) is 44.5 Å². The number of likely N-dealkylation sites (tertiary alicyclic amines) is 1. The standard InChI is InChI=1S/C26H27N5O4S3/c1-16-17(2)38-21-20(16)23(33)29(3)25(28-21)37-15-31(24-27-11-13-36-24)22(32)19-10-7-12-30(19)26(34)35-14-18-8-5-4-6-9-18/h4-6,8-9,11,13,19H,7,10,12,14-15H2,1-3H3. The number of carbonyl (C=O) groups is 2. The molecule has 4 heterocycles. The molecule has 9 nitrogen and oxygen atoms in total. The maximum atomic E-state index is 13.8. The number of carbonyl (C=O) groups excluding carboxylic acids is 2. The normalized spacial score (nSPS) is 15.2. The summed E-state index contributed by atoms with van der Waals surface area (Å²) in [4.78, 5) is 53.7. The number of ether oxygens (including phenoxy) is 1. The Hall–Kier alpha value is -3.22. The van der Waals surface area contributed by atoms with Gasteiger partial charge in [-0.1, -0.05) is 42.1 Å². The summed E-state index contributed by atoms with van der Waals surface area (Å²) in [6, 6.07) is 8.80. The fourth-order valence-electron chi connectivity index (χ4n) is 4.39. The van der Waals surface area contributed by atoms with E-state index in [1.165, 1.54) is 43.9 Å². The molecule has 4 aromatic rings. The molecule has 1 aliphatic heterocycles. The first-order valence-electron chi connectivity index (χ1n) is 12.1. The van der Waals surface area contributed by atoms with Gasteiger partial charge < -0.3 is 4.74 Å². The smallest absolute Gasteiger partial charge is 0.410 e. The zero-order valence-electron chi connectivity index (χ0n) is 21.2. The monoisotopic (exact) mass is 569 g/mol. The molecule has 1 aliphatic rings. The van der Waals surface area contributed by atoms with Gasteiger partial charge in [0.05, 0.1) is 11.3 Å². The molecule has 198 valence electrons. The van der Waals surface area contributed by atoms with Crippen LogP contribution in [0.2, 0.25) is 0 Å². The first-order chi connectivity index (χ1) is 18.3. The number of hydrogen-bond acceptors (Lipinski definition) is 9. The average molecular weight is 570 g/mol. The Morgan fingerprint density at radius 1 is 1.24 bits per heavy atom. The fourth-order valence-corrected chi connectivity index (χ4v) is 7.13. The van der Waals surface area contributed by atoms with E-state index in [1.54, 1.807) is 23.5 Å². The van der Waals surface area contributed by atoms with Crippen LogP contribution in [0.15, 0.2) is 51.9 Å². The van der Waals surface area contributed by atoms with Gasteiger partial charge in [0, 0.05) is 30.0 Å². The van der Waals surface area contributed by atoms with Crippen LogP contribution in [0.1, 0.15) is 28.8 Å². The van der Waals surface area contributed by atoms with E-state index in [2.05, 4.69) is 4.98 Å². The molecule has 1 fully saturated rings. The Morgan fingerprint density at radius 2 is 2.03 bits per heavy atom. The Labute approximate surface area is 232 Å². The predicted molar refractivity (Wildman–Crippen MR) is 151 cm³/mol. The Morgan fingerprint density at radius 3 is 2.76 bits per heavy atom. The third kappa shape index (κ3) is 5.20. The van der Waals surface area contributed by atoms with Crippen molar-refractivity contribution in [1.29, 1.82) is 0 Å². The summed E-state index contributed by atoms with van der Waals surface area (Å²) in [6.45, 7) is 4.51. The molecule has 38 heavy (non-hydrogen) atoms. The van der Waals surface area contributed by atoms with Gasteiger partial charge in [-0.3, -0.25) is 24.0 Å². The van der Waals surface area contributed by atoms with E-state index in [9.17, 15) is 14.4 Å². The number of aromatic nitrogens is 3. The van der Waals surface area contributed by atoms with E-state index in [4.69, 9.17) is 9.72 Å². The maximum Gasteiger partial charge on any atom is 0.410 e. The maximum absolute atomic E-state index is 13.8. The molecular formula is C26H27N5O4S3. The SMILES string of the molecule is Cc1sc2nc(SCN(C(=O)C3CCCN3C(=O)OCc3ccccc3)c3nccs3)n(C)c(=O)c2c1C. The van der Waals surface area contributed by atoms with Crippen molar-refractivity contribution in [2.75, 3.05) is 17.3 Å². The second-order valence-corrected chi connectivity index (χ2v) is 12.0. The van der Waals surface area contributed by atoms with Gasteiger partial charge in [0.2, 0.25) is 0 Å². The molecule has 0 N–H and O–H groups in total. The zero-order chi connectivity index (χ0) is 26.8. The molecule has 1 aromatic carbocycles. The van der Waals surface area contributed by atoms with E-state index in [-0.39, 0.29) is 24.0 Å². The number of amides is 2. The van der Waals surface area contributed by atoms with Crippen LogP contribution in [-0.2, 0) is 23.2 Å². The number of fused-ring (bicyclic) bond motifs is 1. The summed E-state index contributed by atoms with van der Waals surface area (Å²) in [6.07, 6.45) is 2.39. The molecule has 0 bridgehead atoms. The Balaban J connectivity index is 1.34. The van der Waals surface area contributed by atoms with E-state index in [0.29, 0.717) is 39.9 Å². The van der Waals surface area contributed by atoms with Crippen LogP contribution in [0.3, 0.4) is 0 Å². The third-order valence-electron chi connectivity index (χ3n) is 6.59. The lowest BCUT2D eigenvalue weighted by atomic mass is 10.2. The summed E-state index contributed by atoms with van der Waals surface area (Å²) in [5.74, 6) is -0.0271. The third-order valence-corrected chi connectivity index (χ3v) is 9.49. The van der Waals surface area contributed by atoms with Gasteiger partial charge in [-0.2, -0.15) is 0 Å². The molecule has 12 heteroatoms. The summed E-state index contributed by atoms with van der Waals surface area (Å²) >= 11 is 4.14. The van der Waals surface area contributed by atoms with Crippen molar-refractivity contribution in [3.05, 3.63) is 68.3 Å². The molecule has 5 rings (SSSR count). The number of anilines is 1. The van der Waals surface area contributed by atoms with Crippen LogP contribution in [0.25, 0.3) is 10.2 Å². The summed E-state index contributed by atoms with van der Waals surface area (Å²) < 4.78 is 7.05. The van der Waals surface area contributed by atoms with Crippen LogP contribution < -0.4 is 10.5 Å². The fraction of sp³-hybridized carbons (Fsp3) is 0.346. The van der Waals surface area contributed by atoms with E-state index in [0.717, 1.165) is 16.0 Å². The number of thioether (sulfide) groups is 1. The van der Waals surface area contributed by atoms with Gasteiger partial charge in [-0.05, 0) is 37.8 Å². The highest BCUT2D eigenvalue weighted by Gasteiger charge is 2.38. The number of aryl methyl sites for hydroxylation is 2. The highest BCUT2D eigenvalue weighted by molar-refractivity contribution is 7.99. The molecule has 1 atom stereocenters. The molecule has 1 saturated heterocycles. The lowest BCUT2D eigenvalue weighted by molar-refractivity contribution is -0.122. The van der Waals surface area contributed by atoms with E-state index >= 15 is 0 Å². The van der Waals surface area contributed by atoms with E-state index < -0.39 is 12.1 Å². The van der Waals surface area contributed by atoms with Gasteiger partial charge >= 0.3 is 6.09 Å². The highest BCUT2D eigenvalue weighted by Crippen LogP contribution is 2.31. The highest BCUT2D eigenvalue weighted by atomic mass is 32.2. The predicted octanol–water partition coefficient (Wildman–Crippen LogP) is 4.95. The van der Waals surface area contributed by atoms with Crippen LogP contribution >= 0.6 is 34.4 Å². The van der Waals surface area contributed by atoms with Gasteiger partial charge in [0.1, 0.15) is 17.5 Å². The molecule has 3 aromatic heterocycles. The van der Waals surface area contributed by atoms with E-state index in [1.807, 2.05) is 44.2 Å². The molecule has 0 spiro atoms. The number of benzene rings is 1. The largest absolute Gasteiger partial charge is 0.445 e. The number of hydrogen-bond donors (Lipinski definition) is 0.